The van der Waals surface area contributed by atoms with Crippen LogP contribution in [0.5, 0.6) is 0 Å². The first kappa shape index (κ1) is 21.9. The smallest absolute Gasteiger partial charge is 0.147 e. The zero-order chi connectivity index (χ0) is 17.4. The zero-order valence-corrected chi connectivity index (χ0v) is 16.8. The Bertz CT molecular complexity index is 268. The number of hydrogen-bond acceptors (Lipinski definition) is 2. The van der Waals surface area contributed by atoms with Crippen molar-refractivity contribution in [1.82, 2.24) is 0 Å². The molecule has 0 spiro atoms. The molecule has 0 radical (unpaired) electrons. The van der Waals surface area contributed by atoms with E-state index in [9.17, 15) is 0 Å². The molecule has 0 bridgehead atoms. The van der Waals surface area contributed by atoms with E-state index >= 15 is 0 Å². The van der Waals surface area contributed by atoms with Gasteiger partial charge in [0.25, 0.3) is 0 Å². The van der Waals surface area contributed by atoms with Gasteiger partial charge in [0.15, 0.2) is 0 Å². The Labute approximate surface area is 140 Å². The molecular formula is C20H42O2. The van der Waals surface area contributed by atoms with Crippen molar-refractivity contribution in [2.45, 2.75) is 94.1 Å². The highest BCUT2D eigenvalue weighted by molar-refractivity contribution is 4.80. The Morgan fingerprint density at radius 1 is 0.909 bits per heavy atom. The van der Waals surface area contributed by atoms with Crippen molar-refractivity contribution in [1.29, 1.82) is 0 Å². The van der Waals surface area contributed by atoms with Crippen LogP contribution in [0.15, 0.2) is 0 Å². The second-order valence-corrected chi connectivity index (χ2v) is 8.62. The standard InChI is InChI=1S/C18H36O2.C2H6/c1-14(2)18(6,7)12-19-13-20-16-10-8-15(9-11-16)17(3,4)5;1-2/h14-16H,8-13H2,1-7H3;1-2H3. The van der Waals surface area contributed by atoms with Gasteiger partial charge in [0, 0.05) is 0 Å². The average Bonchev–Trinajstić information content (AvgIpc) is 2.45. The van der Waals surface area contributed by atoms with Crippen molar-refractivity contribution in [3.63, 3.8) is 0 Å². The van der Waals surface area contributed by atoms with Gasteiger partial charge >= 0.3 is 0 Å². The molecule has 0 aromatic carbocycles. The third kappa shape index (κ3) is 7.97. The van der Waals surface area contributed by atoms with Crippen LogP contribution >= 0.6 is 0 Å². The summed E-state index contributed by atoms with van der Waals surface area (Å²) in [5, 5.41) is 0. The van der Waals surface area contributed by atoms with E-state index in [-0.39, 0.29) is 5.41 Å². The Kier molecular flexibility index (Phi) is 9.89. The van der Waals surface area contributed by atoms with E-state index in [1.165, 1.54) is 25.7 Å². The topological polar surface area (TPSA) is 18.5 Å². The van der Waals surface area contributed by atoms with Gasteiger partial charge in [-0.15, -0.1) is 0 Å². The molecule has 1 rings (SSSR count). The molecule has 22 heavy (non-hydrogen) atoms. The van der Waals surface area contributed by atoms with Crippen LogP contribution in [0.2, 0.25) is 0 Å². The summed E-state index contributed by atoms with van der Waals surface area (Å²) in [7, 11) is 0. The van der Waals surface area contributed by atoms with Gasteiger partial charge in [-0.1, -0.05) is 62.3 Å². The van der Waals surface area contributed by atoms with Crippen LogP contribution in [-0.2, 0) is 9.47 Å². The summed E-state index contributed by atoms with van der Waals surface area (Å²) < 4.78 is 11.6. The van der Waals surface area contributed by atoms with Gasteiger partial charge < -0.3 is 9.47 Å². The molecule has 1 aliphatic rings. The molecule has 2 heteroatoms. The molecule has 0 aliphatic heterocycles. The molecule has 0 aromatic rings. The first-order chi connectivity index (χ1) is 10.1. The predicted molar refractivity (Wildman–Crippen MR) is 97.1 cm³/mol. The zero-order valence-electron chi connectivity index (χ0n) is 16.8. The summed E-state index contributed by atoms with van der Waals surface area (Å²) in [5.74, 6) is 1.48. The quantitative estimate of drug-likeness (QED) is 0.423. The van der Waals surface area contributed by atoms with E-state index in [1.54, 1.807) is 0 Å². The number of hydrogen-bond donors (Lipinski definition) is 0. The largest absolute Gasteiger partial charge is 0.355 e. The van der Waals surface area contributed by atoms with Crippen LogP contribution in [-0.4, -0.2) is 19.5 Å². The van der Waals surface area contributed by atoms with Gasteiger partial charge in [0.2, 0.25) is 0 Å². The van der Waals surface area contributed by atoms with Crippen LogP contribution in [0.4, 0.5) is 0 Å². The van der Waals surface area contributed by atoms with Crippen molar-refractivity contribution in [2.75, 3.05) is 13.4 Å². The third-order valence-corrected chi connectivity index (χ3v) is 5.32. The second kappa shape index (κ2) is 9.93. The van der Waals surface area contributed by atoms with Crippen LogP contribution in [0, 0.1) is 22.7 Å². The molecule has 1 fully saturated rings. The van der Waals surface area contributed by atoms with Crippen molar-refractivity contribution in [3.8, 4) is 0 Å². The van der Waals surface area contributed by atoms with E-state index in [0.29, 0.717) is 24.2 Å². The highest BCUT2D eigenvalue weighted by atomic mass is 16.7. The minimum Gasteiger partial charge on any atom is -0.355 e. The first-order valence-corrected chi connectivity index (χ1v) is 9.32. The van der Waals surface area contributed by atoms with Gasteiger partial charge in [0.1, 0.15) is 6.79 Å². The molecule has 134 valence electrons. The Morgan fingerprint density at radius 3 is 1.82 bits per heavy atom. The maximum atomic E-state index is 5.90. The minimum absolute atomic E-state index is 0.229. The molecule has 0 N–H and O–H groups in total. The fourth-order valence-corrected chi connectivity index (χ4v) is 2.71. The molecule has 0 heterocycles. The molecule has 2 nitrogen and oxygen atoms in total. The summed E-state index contributed by atoms with van der Waals surface area (Å²) in [5.41, 5.74) is 0.677. The number of rotatable bonds is 6. The van der Waals surface area contributed by atoms with E-state index < -0.39 is 0 Å². The maximum Gasteiger partial charge on any atom is 0.147 e. The minimum atomic E-state index is 0.229. The van der Waals surface area contributed by atoms with E-state index in [0.717, 1.165) is 12.5 Å². The molecule has 0 atom stereocenters. The predicted octanol–water partition coefficient (Wildman–Crippen LogP) is 6.29. The Morgan fingerprint density at radius 2 is 1.41 bits per heavy atom. The van der Waals surface area contributed by atoms with Crippen molar-refractivity contribution in [3.05, 3.63) is 0 Å². The van der Waals surface area contributed by atoms with Crippen molar-refractivity contribution >= 4 is 0 Å². The van der Waals surface area contributed by atoms with Crippen LogP contribution in [0.25, 0.3) is 0 Å². The van der Waals surface area contributed by atoms with Crippen molar-refractivity contribution in [2.24, 2.45) is 22.7 Å². The molecular weight excluding hydrogens is 272 g/mol. The molecule has 0 saturated heterocycles. The number of ether oxygens (including phenoxy) is 2. The van der Waals surface area contributed by atoms with E-state index in [1.807, 2.05) is 13.8 Å². The summed E-state index contributed by atoms with van der Waals surface area (Å²) in [6, 6.07) is 0. The van der Waals surface area contributed by atoms with Gasteiger partial charge in [-0.25, -0.2) is 0 Å². The molecule has 0 unspecified atom stereocenters. The van der Waals surface area contributed by atoms with Crippen molar-refractivity contribution < 1.29 is 9.47 Å². The third-order valence-electron chi connectivity index (χ3n) is 5.32. The summed E-state index contributed by atoms with van der Waals surface area (Å²) in [4.78, 5) is 0. The second-order valence-electron chi connectivity index (χ2n) is 8.62. The lowest BCUT2D eigenvalue weighted by molar-refractivity contribution is -0.123. The fourth-order valence-electron chi connectivity index (χ4n) is 2.71. The van der Waals surface area contributed by atoms with Gasteiger partial charge in [-0.2, -0.15) is 0 Å². The lowest BCUT2D eigenvalue weighted by Crippen LogP contribution is -2.30. The highest BCUT2D eigenvalue weighted by Crippen LogP contribution is 2.38. The van der Waals surface area contributed by atoms with Crippen LogP contribution < -0.4 is 0 Å². The monoisotopic (exact) mass is 314 g/mol. The van der Waals surface area contributed by atoms with Crippen LogP contribution in [0.3, 0.4) is 0 Å². The average molecular weight is 315 g/mol. The maximum absolute atomic E-state index is 5.90. The Balaban J connectivity index is 0.00000211. The molecule has 0 amide bonds. The van der Waals surface area contributed by atoms with E-state index in [4.69, 9.17) is 9.47 Å². The molecule has 1 saturated carbocycles. The van der Waals surface area contributed by atoms with E-state index in [2.05, 4.69) is 48.5 Å². The summed E-state index contributed by atoms with van der Waals surface area (Å²) >= 11 is 0. The summed E-state index contributed by atoms with van der Waals surface area (Å²) in [6.45, 7) is 21.3. The fraction of sp³-hybridized carbons (Fsp3) is 1.00. The normalized spacial score (nSPS) is 23.2. The lowest BCUT2D eigenvalue weighted by atomic mass is 9.72. The lowest BCUT2D eigenvalue weighted by Gasteiger charge is -2.37. The molecule has 1 aliphatic carbocycles. The van der Waals surface area contributed by atoms with Gasteiger partial charge in [-0.05, 0) is 48.3 Å². The Hall–Kier alpha value is -0.0800. The summed E-state index contributed by atoms with van der Waals surface area (Å²) in [6.07, 6.45) is 5.39. The SMILES string of the molecule is CC.CC(C)C(C)(C)COCOC1CCC(C(C)(C)C)CC1. The first-order valence-electron chi connectivity index (χ1n) is 9.32. The highest BCUT2D eigenvalue weighted by Gasteiger charge is 2.30. The molecule has 0 aromatic heterocycles. The van der Waals surface area contributed by atoms with Crippen LogP contribution in [0.1, 0.15) is 88.0 Å². The van der Waals surface area contributed by atoms with Gasteiger partial charge in [0.05, 0.1) is 12.7 Å². The van der Waals surface area contributed by atoms with Gasteiger partial charge in [-0.3, -0.25) is 0 Å².